The Morgan fingerprint density at radius 3 is 2.83 bits per heavy atom. The molecule has 3 aromatic heterocycles. The normalized spacial score (nSPS) is 16.7. The van der Waals surface area contributed by atoms with Crippen molar-refractivity contribution in [3.05, 3.63) is 63.2 Å². The number of aryl methyl sites for hydroxylation is 1. The smallest absolute Gasteiger partial charge is 0.239 e. The first-order valence-corrected chi connectivity index (χ1v) is 11.1. The van der Waals surface area contributed by atoms with Gasteiger partial charge in [-0.1, -0.05) is 6.07 Å². The van der Waals surface area contributed by atoms with Crippen LogP contribution in [0.5, 0.6) is 0 Å². The molecule has 4 rings (SSSR count). The van der Waals surface area contributed by atoms with E-state index in [0.717, 1.165) is 30.6 Å². The van der Waals surface area contributed by atoms with Crippen molar-refractivity contribution in [2.45, 2.75) is 39.3 Å². The minimum absolute atomic E-state index is 0.0717. The highest BCUT2D eigenvalue weighted by Gasteiger charge is 2.29. The summed E-state index contributed by atoms with van der Waals surface area (Å²) < 4.78 is 4.18. The molecule has 1 amide bonds. The van der Waals surface area contributed by atoms with E-state index in [-0.39, 0.29) is 11.9 Å². The number of thiophene rings is 1. The third kappa shape index (κ3) is 3.81. The lowest BCUT2D eigenvalue weighted by molar-refractivity contribution is -0.117. The second kappa shape index (κ2) is 8.50. The summed E-state index contributed by atoms with van der Waals surface area (Å²) in [5, 5.41) is 14.8. The number of nitrogens with zero attached hydrogens (tertiary/aromatic N) is 4. The number of rotatable bonds is 6. The van der Waals surface area contributed by atoms with Gasteiger partial charge in [0.2, 0.25) is 5.91 Å². The molecule has 30 heavy (non-hydrogen) atoms. The fraction of sp³-hybridized carbons (Fsp3) is 0.391. The Kier molecular flexibility index (Phi) is 5.80. The van der Waals surface area contributed by atoms with E-state index in [1.807, 2.05) is 44.6 Å². The minimum atomic E-state index is -0.0717. The summed E-state index contributed by atoms with van der Waals surface area (Å²) in [7, 11) is 2.05. The molecule has 1 saturated heterocycles. The van der Waals surface area contributed by atoms with Crippen LogP contribution in [0.2, 0.25) is 0 Å². The minimum Gasteiger partial charge on any atom is -0.353 e. The Labute approximate surface area is 181 Å². The molecule has 0 aromatic carbocycles. The Morgan fingerprint density at radius 2 is 2.17 bits per heavy atom. The lowest BCUT2D eigenvalue weighted by Gasteiger charge is -2.24. The zero-order chi connectivity index (χ0) is 21.3. The van der Waals surface area contributed by atoms with Crippen molar-refractivity contribution >= 4 is 23.1 Å². The van der Waals surface area contributed by atoms with Crippen LogP contribution in [0.1, 0.15) is 46.3 Å². The molecule has 0 bridgehead atoms. The number of nitrogens with one attached hydrogen (secondary N) is 1. The maximum absolute atomic E-state index is 13.0. The number of anilines is 1. The van der Waals surface area contributed by atoms with Crippen molar-refractivity contribution in [3.8, 4) is 6.07 Å². The van der Waals surface area contributed by atoms with Crippen LogP contribution in [-0.2, 0) is 18.4 Å². The standard InChI is InChI=1S/C23H27N5OS/c1-16-17(2)28(14-18-7-6-12-30-18)23(19(16)13-24)25-22(29)15-27-11-5-9-21(27)20-8-4-10-26(20)3/h4,6-8,10,12,21H,5,9,11,14-15H2,1-3H3,(H,25,29). The highest BCUT2D eigenvalue weighted by Crippen LogP contribution is 2.32. The van der Waals surface area contributed by atoms with Gasteiger partial charge in [0.05, 0.1) is 24.7 Å². The number of carbonyl (C=O) groups is 1. The number of hydrogen-bond acceptors (Lipinski definition) is 4. The Hall–Kier alpha value is -2.82. The highest BCUT2D eigenvalue weighted by atomic mass is 32.1. The van der Waals surface area contributed by atoms with Gasteiger partial charge in [0.25, 0.3) is 0 Å². The number of nitriles is 1. The first kappa shape index (κ1) is 20.5. The van der Waals surface area contributed by atoms with E-state index in [1.165, 1.54) is 10.6 Å². The van der Waals surface area contributed by atoms with E-state index in [2.05, 4.69) is 37.6 Å². The quantitative estimate of drug-likeness (QED) is 0.649. The summed E-state index contributed by atoms with van der Waals surface area (Å²) in [6, 6.07) is 10.8. The van der Waals surface area contributed by atoms with E-state index in [9.17, 15) is 10.1 Å². The fourth-order valence-corrected chi connectivity index (χ4v) is 5.11. The van der Waals surface area contributed by atoms with Gasteiger partial charge in [0, 0.05) is 29.5 Å². The first-order chi connectivity index (χ1) is 14.5. The molecule has 0 aliphatic carbocycles. The fourth-order valence-electron chi connectivity index (χ4n) is 4.41. The third-order valence-corrected chi connectivity index (χ3v) is 6.99. The van der Waals surface area contributed by atoms with Gasteiger partial charge in [-0.25, -0.2) is 0 Å². The predicted octanol–water partition coefficient (Wildman–Crippen LogP) is 4.20. The van der Waals surface area contributed by atoms with Crippen LogP contribution in [-0.4, -0.2) is 33.0 Å². The second-order valence-corrected chi connectivity index (χ2v) is 8.96. The molecule has 0 saturated carbocycles. The Balaban J connectivity index is 1.55. The summed E-state index contributed by atoms with van der Waals surface area (Å²) in [6.45, 7) is 5.83. The average molecular weight is 422 g/mol. The van der Waals surface area contributed by atoms with Crippen molar-refractivity contribution in [3.63, 3.8) is 0 Å². The van der Waals surface area contributed by atoms with Crippen LogP contribution in [0, 0.1) is 25.2 Å². The molecule has 1 unspecified atom stereocenters. The molecule has 0 spiro atoms. The van der Waals surface area contributed by atoms with Crippen molar-refractivity contribution in [2.24, 2.45) is 7.05 Å². The van der Waals surface area contributed by atoms with Crippen LogP contribution in [0.25, 0.3) is 0 Å². The molecule has 7 heteroatoms. The molecular formula is C23H27N5OS. The highest BCUT2D eigenvalue weighted by molar-refractivity contribution is 7.09. The van der Waals surface area contributed by atoms with Gasteiger partial charge >= 0.3 is 0 Å². The summed E-state index contributed by atoms with van der Waals surface area (Å²) >= 11 is 1.68. The van der Waals surface area contributed by atoms with Crippen molar-refractivity contribution in [1.82, 2.24) is 14.0 Å². The van der Waals surface area contributed by atoms with Gasteiger partial charge in [-0.15, -0.1) is 11.3 Å². The van der Waals surface area contributed by atoms with E-state index in [0.29, 0.717) is 24.5 Å². The molecule has 6 nitrogen and oxygen atoms in total. The van der Waals surface area contributed by atoms with Gasteiger partial charge < -0.3 is 14.5 Å². The van der Waals surface area contributed by atoms with E-state index >= 15 is 0 Å². The summed E-state index contributed by atoms with van der Waals surface area (Å²) in [5.74, 6) is 0.540. The molecule has 1 atom stereocenters. The van der Waals surface area contributed by atoms with E-state index in [4.69, 9.17) is 0 Å². The van der Waals surface area contributed by atoms with Crippen LogP contribution < -0.4 is 5.32 Å². The second-order valence-electron chi connectivity index (χ2n) is 7.93. The number of likely N-dealkylation sites (tertiary alicyclic amines) is 1. The number of aromatic nitrogens is 2. The Morgan fingerprint density at radius 1 is 1.33 bits per heavy atom. The van der Waals surface area contributed by atoms with Gasteiger partial charge in [0.1, 0.15) is 11.9 Å². The maximum Gasteiger partial charge on any atom is 0.239 e. The monoisotopic (exact) mass is 421 g/mol. The summed E-state index contributed by atoms with van der Waals surface area (Å²) in [5.41, 5.74) is 3.73. The van der Waals surface area contributed by atoms with E-state index < -0.39 is 0 Å². The summed E-state index contributed by atoms with van der Waals surface area (Å²) in [4.78, 5) is 16.5. The largest absolute Gasteiger partial charge is 0.353 e. The molecule has 4 heterocycles. The van der Waals surface area contributed by atoms with Crippen molar-refractivity contribution in [1.29, 1.82) is 5.26 Å². The molecule has 1 fully saturated rings. The van der Waals surface area contributed by atoms with E-state index in [1.54, 1.807) is 11.3 Å². The van der Waals surface area contributed by atoms with Gasteiger partial charge in [-0.2, -0.15) is 5.26 Å². The van der Waals surface area contributed by atoms with Gasteiger partial charge in [-0.3, -0.25) is 9.69 Å². The molecule has 1 aliphatic heterocycles. The topological polar surface area (TPSA) is 66.0 Å². The van der Waals surface area contributed by atoms with Crippen LogP contribution >= 0.6 is 11.3 Å². The molecule has 3 aromatic rings. The zero-order valence-electron chi connectivity index (χ0n) is 17.7. The zero-order valence-corrected chi connectivity index (χ0v) is 18.5. The SMILES string of the molecule is Cc1c(C#N)c(NC(=O)CN2CCCC2c2cccn2C)n(Cc2cccs2)c1C. The lowest BCUT2D eigenvalue weighted by Crippen LogP contribution is -2.34. The lowest BCUT2D eigenvalue weighted by atomic mass is 10.1. The maximum atomic E-state index is 13.0. The predicted molar refractivity (Wildman–Crippen MR) is 120 cm³/mol. The van der Waals surface area contributed by atoms with Crippen molar-refractivity contribution in [2.75, 3.05) is 18.4 Å². The number of amides is 1. The molecule has 1 N–H and O–H groups in total. The van der Waals surface area contributed by atoms with Gasteiger partial charge in [-0.05, 0) is 62.4 Å². The summed E-state index contributed by atoms with van der Waals surface area (Å²) in [6.07, 6.45) is 4.19. The van der Waals surface area contributed by atoms with Crippen LogP contribution in [0.15, 0.2) is 35.8 Å². The number of hydrogen-bond donors (Lipinski definition) is 1. The Bertz CT molecular complexity index is 1090. The van der Waals surface area contributed by atoms with Crippen LogP contribution in [0.4, 0.5) is 5.82 Å². The average Bonchev–Trinajstić information content (AvgIpc) is 3.49. The molecule has 0 radical (unpaired) electrons. The van der Waals surface area contributed by atoms with Crippen LogP contribution in [0.3, 0.4) is 0 Å². The van der Waals surface area contributed by atoms with Gasteiger partial charge in [0.15, 0.2) is 0 Å². The van der Waals surface area contributed by atoms with Crippen molar-refractivity contribution < 1.29 is 4.79 Å². The molecule has 156 valence electrons. The third-order valence-electron chi connectivity index (χ3n) is 6.13. The molecule has 1 aliphatic rings. The first-order valence-electron chi connectivity index (χ1n) is 10.3. The number of carbonyl (C=O) groups excluding carboxylic acids is 1. The molecular weight excluding hydrogens is 394 g/mol.